The predicted octanol–water partition coefficient (Wildman–Crippen LogP) is 3.78. The number of methoxy groups -OCH3 is 1. The molecule has 0 bridgehead atoms. The summed E-state index contributed by atoms with van der Waals surface area (Å²) in [6, 6.07) is 6.31. The first-order valence-corrected chi connectivity index (χ1v) is 11.4. The number of hydrogen-bond acceptors (Lipinski definition) is 8. The van der Waals surface area contributed by atoms with Crippen LogP contribution in [0, 0.1) is 0 Å². The second-order valence-electron chi connectivity index (χ2n) is 8.78. The lowest BCUT2D eigenvalue weighted by atomic mass is 10.1. The number of pyridine rings is 1. The Morgan fingerprint density at radius 1 is 1.16 bits per heavy atom. The maximum Gasteiger partial charge on any atom is 0.573 e. The Balaban J connectivity index is 1.62. The molecule has 1 fully saturated rings. The van der Waals surface area contributed by atoms with E-state index in [1.807, 2.05) is 0 Å². The first-order chi connectivity index (χ1) is 17.4. The highest BCUT2D eigenvalue weighted by molar-refractivity contribution is 5.95. The molecule has 2 heterocycles. The van der Waals surface area contributed by atoms with Crippen molar-refractivity contribution in [2.45, 2.75) is 38.1 Å². The summed E-state index contributed by atoms with van der Waals surface area (Å²) in [5.74, 6) is -0.493. The van der Waals surface area contributed by atoms with Gasteiger partial charge in [0.05, 0.1) is 18.7 Å². The van der Waals surface area contributed by atoms with Crippen LogP contribution in [0.15, 0.2) is 36.5 Å². The highest BCUT2D eigenvalue weighted by atomic mass is 19.4. The van der Waals surface area contributed by atoms with Crippen LogP contribution < -0.4 is 15.0 Å². The average molecular weight is 518 g/mol. The van der Waals surface area contributed by atoms with Crippen LogP contribution in [-0.2, 0) is 4.74 Å². The predicted molar refractivity (Wildman–Crippen MR) is 126 cm³/mol. The Labute approximate surface area is 210 Å². The Morgan fingerprint density at radius 3 is 2.46 bits per heavy atom. The van der Waals surface area contributed by atoms with Gasteiger partial charge >= 0.3 is 12.3 Å². The average Bonchev–Trinajstić information content (AvgIpc) is 3.60. The van der Waals surface area contributed by atoms with Gasteiger partial charge in [-0.15, -0.1) is 18.3 Å². The number of carbonyl (C=O) groups excluding carboxylic acids is 2. The molecule has 0 aliphatic heterocycles. The number of amides is 1. The molecule has 196 valence electrons. The van der Waals surface area contributed by atoms with E-state index < -0.39 is 30.0 Å². The molecule has 1 saturated carbocycles. The van der Waals surface area contributed by atoms with Gasteiger partial charge in [-0.2, -0.15) is 9.67 Å². The van der Waals surface area contributed by atoms with Crippen molar-refractivity contribution in [2.75, 3.05) is 26.1 Å². The normalized spacial score (nSPS) is 14.1. The molecule has 0 spiro atoms. The highest BCUT2D eigenvalue weighted by Crippen LogP contribution is 2.42. The minimum absolute atomic E-state index is 0.0370. The van der Waals surface area contributed by atoms with E-state index in [-0.39, 0.29) is 17.0 Å². The van der Waals surface area contributed by atoms with Gasteiger partial charge < -0.3 is 19.7 Å². The third-order valence-electron chi connectivity index (χ3n) is 5.62. The van der Waals surface area contributed by atoms with Crippen LogP contribution >= 0.6 is 0 Å². The lowest BCUT2D eigenvalue weighted by Crippen LogP contribution is -2.29. The maximum atomic E-state index is 13.1. The first-order valence-electron chi connectivity index (χ1n) is 11.4. The van der Waals surface area contributed by atoms with Crippen LogP contribution in [0.3, 0.4) is 0 Å². The van der Waals surface area contributed by atoms with Gasteiger partial charge in [0.25, 0.3) is 5.91 Å². The van der Waals surface area contributed by atoms with E-state index in [0.29, 0.717) is 23.2 Å². The zero-order chi connectivity index (χ0) is 26.9. The number of alkyl halides is 3. The van der Waals surface area contributed by atoms with Crippen molar-refractivity contribution in [2.24, 2.45) is 0 Å². The fourth-order valence-corrected chi connectivity index (χ4v) is 3.64. The molecule has 1 atom stereocenters. The number of carbonyl (C=O) groups is 2. The summed E-state index contributed by atoms with van der Waals surface area (Å²) in [6.07, 6.45) is -1.87. The van der Waals surface area contributed by atoms with Crippen LogP contribution in [-0.4, -0.2) is 59.2 Å². The number of aromatic nitrogens is 4. The molecule has 1 amide bonds. The van der Waals surface area contributed by atoms with Crippen molar-refractivity contribution in [3.05, 3.63) is 59.0 Å². The molecule has 13 heteroatoms. The van der Waals surface area contributed by atoms with Gasteiger partial charge in [-0.3, -0.25) is 4.79 Å². The standard InChI is InChI=1S/C24H25F3N6O4/c1-13(29-21(34)17-9-16(14-5-6-14)10-18(11-17)37-24(25,26)27)20-30-23(32(2)3)31-33(20)19-8-7-15(12-28-19)22(35)36-4/h7-14H,5-6H2,1-4H3,(H,29,34)/t13-/m0/s1. The fourth-order valence-electron chi connectivity index (χ4n) is 3.64. The number of esters is 1. The Kier molecular flexibility index (Phi) is 7.05. The third-order valence-corrected chi connectivity index (χ3v) is 5.62. The number of anilines is 1. The lowest BCUT2D eigenvalue weighted by molar-refractivity contribution is -0.274. The van der Waals surface area contributed by atoms with E-state index in [4.69, 9.17) is 0 Å². The van der Waals surface area contributed by atoms with Crippen molar-refractivity contribution in [1.82, 2.24) is 25.1 Å². The SMILES string of the molecule is COC(=O)c1ccc(-n2nc(N(C)C)nc2[C@H](C)NC(=O)c2cc(OC(F)(F)F)cc(C3CC3)c2)nc1. The molecule has 3 aromatic rings. The summed E-state index contributed by atoms with van der Waals surface area (Å²) in [5.41, 5.74) is 0.900. The molecule has 0 radical (unpaired) electrons. The van der Waals surface area contributed by atoms with Crippen LogP contribution in [0.1, 0.15) is 63.8 Å². The highest BCUT2D eigenvalue weighted by Gasteiger charge is 2.33. The molecule has 2 aromatic heterocycles. The Morgan fingerprint density at radius 2 is 1.89 bits per heavy atom. The van der Waals surface area contributed by atoms with Gasteiger partial charge in [0.1, 0.15) is 5.75 Å². The Bertz CT molecular complexity index is 1300. The van der Waals surface area contributed by atoms with Crippen LogP contribution in [0.4, 0.5) is 19.1 Å². The maximum absolute atomic E-state index is 13.1. The molecule has 1 N–H and O–H groups in total. The Hall–Kier alpha value is -4.16. The van der Waals surface area contributed by atoms with Crippen molar-refractivity contribution >= 4 is 17.8 Å². The number of halogens is 3. The minimum atomic E-state index is -4.88. The van der Waals surface area contributed by atoms with Crippen molar-refractivity contribution in [3.8, 4) is 11.6 Å². The number of ether oxygens (including phenoxy) is 2. The smallest absolute Gasteiger partial charge is 0.465 e. The third kappa shape index (κ3) is 6.16. The van der Waals surface area contributed by atoms with Crippen molar-refractivity contribution < 1.29 is 32.2 Å². The zero-order valence-corrected chi connectivity index (χ0v) is 20.5. The van der Waals surface area contributed by atoms with Crippen LogP contribution in [0.2, 0.25) is 0 Å². The van der Waals surface area contributed by atoms with Crippen LogP contribution in [0.25, 0.3) is 5.82 Å². The van der Waals surface area contributed by atoms with E-state index in [9.17, 15) is 22.8 Å². The number of nitrogens with zero attached hydrogens (tertiary/aromatic N) is 5. The molecule has 37 heavy (non-hydrogen) atoms. The molecule has 0 unspecified atom stereocenters. The van der Waals surface area contributed by atoms with Gasteiger partial charge in [-0.25, -0.2) is 9.78 Å². The largest absolute Gasteiger partial charge is 0.573 e. The summed E-state index contributed by atoms with van der Waals surface area (Å²) in [7, 11) is 4.75. The van der Waals surface area contributed by atoms with Gasteiger partial charge in [0.15, 0.2) is 11.6 Å². The quantitative estimate of drug-likeness (QED) is 0.449. The summed E-state index contributed by atoms with van der Waals surface area (Å²) >= 11 is 0. The number of benzene rings is 1. The van der Waals surface area contributed by atoms with Crippen LogP contribution in [0.5, 0.6) is 5.75 Å². The summed E-state index contributed by atoms with van der Waals surface area (Å²) < 4.78 is 48.7. The summed E-state index contributed by atoms with van der Waals surface area (Å²) in [5, 5.41) is 7.20. The number of hydrogen-bond donors (Lipinski definition) is 1. The molecular formula is C24H25F3N6O4. The summed E-state index contributed by atoms with van der Waals surface area (Å²) in [6.45, 7) is 1.67. The second kappa shape index (κ2) is 10.1. The molecule has 4 rings (SSSR count). The second-order valence-corrected chi connectivity index (χ2v) is 8.78. The van der Waals surface area contributed by atoms with Gasteiger partial charge in [-0.05, 0) is 61.6 Å². The van der Waals surface area contributed by atoms with E-state index in [0.717, 1.165) is 18.9 Å². The number of rotatable bonds is 8. The van der Waals surface area contributed by atoms with E-state index in [1.54, 1.807) is 38.1 Å². The van der Waals surface area contributed by atoms with Crippen molar-refractivity contribution in [3.63, 3.8) is 0 Å². The molecule has 1 aliphatic rings. The zero-order valence-electron chi connectivity index (χ0n) is 20.5. The summed E-state index contributed by atoms with van der Waals surface area (Å²) in [4.78, 5) is 35.2. The molecule has 10 nitrogen and oxygen atoms in total. The van der Waals surface area contributed by atoms with Gasteiger partial charge in [-0.1, -0.05) is 0 Å². The van der Waals surface area contributed by atoms with Crippen molar-refractivity contribution in [1.29, 1.82) is 0 Å². The minimum Gasteiger partial charge on any atom is -0.465 e. The van der Waals surface area contributed by atoms with Gasteiger partial charge in [0.2, 0.25) is 5.95 Å². The molecular weight excluding hydrogens is 493 g/mol. The molecule has 1 aliphatic carbocycles. The van der Waals surface area contributed by atoms with E-state index >= 15 is 0 Å². The molecule has 1 aromatic carbocycles. The first kappa shape index (κ1) is 25.9. The number of nitrogens with one attached hydrogen (secondary N) is 1. The molecule has 0 saturated heterocycles. The van der Waals surface area contributed by atoms with E-state index in [2.05, 4.69) is 29.9 Å². The van der Waals surface area contributed by atoms with E-state index in [1.165, 1.54) is 30.1 Å². The topological polar surface area (TPSA) is 111 Å². The fraction of sp³-hybridized carbons (Fsp3) is 0.375. The lowest BCUT2D eigenvalue weighted by Gasteiger charge is -2.16. The van der Waals surface area contributed by atoms with Gasteiger partial charge in [0, 0.05) is 25.9 Å². The monoisotopic (exact) mass is 518 g/mol.